The van der Waals surface area contributed by atoms with E-state index in [4.69, 9.17) is 5.11 Å². The molecule has 104 valence electrons. The Morgan fingerprint density at radius 2 is 2.42 bits per heavy atom. The average Bonchev–Trinajstić information content (AvgIpc) is 3.00. The van der Waals surface area contributed by atoms with Crippen LogP contribution in [0.3, 0.4) is 0 Å². The highest BCUT2D eigenvalue weighted by molar-refractivity contribution is 5.84. The van der Waals surface area contributed by atoms with Gasteiger partial charge in [0.2, 0.25) is 5.91 Å². The number of aromatic carboxylic acids is 1. The molecule has 0 aromatic carbocycles. The Balaban J connectivity index is 1.67. The first-order valence-electron chi connectivity index (χ1n) is 6.37. The minimum absolute atomic E-state index is 0.0170. The van der Waals surface area contributed by atoms with Crippen LogP contribution < -0.4 is 10.6 Å². The lowest BCUT2D eigenvalue weighted by atomic mass is 10.0. The monoisotopic (exact) mass is 266 g/mol. The van der Waals surface area contributed by atoms with E-state index in [1.165, 1.54) is 12.5 Å². The average molecular weight is 266 g/mol. The molecule has 1 aromatic heterocycles. The van der Waals surface area contributed by atoms with Gasteiger partial charge >= 0.3 is 5.97 Å². The predicted octanol–water partition coefficient (Wildman–Crippen LogP) is -0.303. The Morgan fingerprint density at radius 1 is 1.58 bits per heavy atom. The second-order valence-corrected chi connectivity index (χ2v) is 4.71. The van der Waals surface area contributed by atoms with Crippen LogP contribution in [-0.2, 0) is 11.3 Å². The van der Waals surface area contributed by atoms with Gasteiger partial charge in [-0.25, -0.2) is 9.78 Å². The van der Waals surface area contributed by atoms with E-state index in [-0.39, 0.29) is 11.6 Å². The second-order valence-electron chi connectivity index (χ2n) is 4.71. The lowest BCUT2D eigenvalue weighted by Crippen LogP contribution is -2.29. The van der Waals surface area contributed by atoms with Crippen LogP contribution in [0.5, 0.6) is 0 Å². The molecule has 3 N–H and O–H groups in total. The molecule has 1 aliphatic heterocycles. The second kappa shape index (κ2) is 6.33. The molecule has 1 aliphatic rings. The number of carboxylic acids is 1. The molecule has 1 unspecified atom stereocenters. The molecular formula is C12H18N4O3. The third kappa shape index (κ3) is 4.06. The Labute approximate surface area is 111 Å². The highest BCUT2D eigenvalue weighted by Gasteiger charge is 2.17. The summed E-state index contributed by atoms with van der Waals surface area (Å²) in [5, 5.41) is 14.8. The zero-order valence-corrected chi connectivity index (χ0v) is 10.6. The van der Waals surface area contributed by atoms with Gasteiger partial charge in [-0.05, 0) is 25.4 Å². The maximum atomic E-state index is 11.6. The van der Waals surface area contributed by atoms with Crippen LogP contribution in [0, 0.1) is 5.92 Å². The van der Waals surface area contributed by atoms with Crippen LogP contribution in [0.25, 0.3) is 0 Å². The molecular weight excluding hydrogens is 248 g/mol. The molecule has 0 bridgehead atoms. The summed E-state index contributed by atoms with van der Waals surface area (Å²) >= 11 is 0. The first kappa shape index (κ1) is 13.5. The molecule has 7 heteroatoms. The number of hydrogen-bond donors (Lipinski definition) is 3. The van der Waals surface area contributed by atoms with Gasteiger partial charge in [-0.15, -0.1) is 0 Å². The van der Waals surface area contributed by atoms with E-state index in [9.17, 15) is 9.59 Å². The van der Waals surface area contributed by atoms with Crippen LogP contribution in [0.1, 0.15) is 23.3 Å². The molecule has 1 saturated heterocycles. The summed E-state index contributed by atoms with van der Waals surface area (Å²) in [4.78, 5) is 26.0. The van der Waals surface area contributed by atoms with Gasteiger partial charge in [0.05, 0.1) is 6.33 Å². The fraction of sp³-hybridized carbons (Fsp3) is 0.583. The summed E-state index contributed by atoms with van der Waals surface area (Å²) in [5.74, 6) is -0.560. The number of carbonyl (C=O) groups is 2. The van der Waals surface area contributed by atoms with Gasteiger partial charge in [-0.2, -0.15) is 0 Å². The van der Waals surface area contributed by atoms with Crippen molar-refractivity contribution in [3.63, 3.8) is 0 Å². The van der Waals surface area contributed by atoms with Crippen LogP contribution in [0.15, 0.2) is 12.5 Å². The molecule has 1 aromatic rings. The first-order valence-corrected chi connectivity index (χ1v) is 6.37. The SMILES string of the molecule is O=C(CC1CCNC1)NCCn1cnc(C(=O)O)c1. The first-order chi connectivity index (χ1) is 9.15. The van der Waals surface area contributed by atoms with Crippen molar-refractivity contribution < 1.29 is 14.7 Å². The zero-order valence-electron chi connectivity index (χ0n) is 10.6. The number of nitrogens with zero attached hydrogens (tertiary/aromatic N) is 2. The largest absolute Gasteiger partial charge is 0.476 e. The molecule has 1 atom stereocenters. The predicted molar refractivity (Wildman–Crippen MR) is 67.8 cm³/mol. The van der Waals surface area contributed by atoms with Crippen molar-refractivity contribution in [2.24, 2.45) is 5.92 Å². The van der Waals surface area contributed by atoms with E-state index in [1.807, 2.05) is 0 Å². The summed E-state index contributed by atoms with van der Waals surface area (Å²) in [5.41, 5.74) is 0.0170. The lowest BCUT2D eigenvalue weighted by molar-refractivity contribution is -0.121. The molecule has 0 spiro atoms. The molecule has 0 aliphatic carbocycles. The number of amides is 1. The highest BCUT2D eigenvalue weighted by atomic mass is 16.4. The third-order valence-corrected chi connectivity index (χ3v) is 3.18. The maximum Gasteiger partial charge on any atom is 0.356 e. The van der Waals surface area contributed by atoms with Crippen molar-refractivity contribution in [1.82, 2.24) is 20.2 Å². The summed E-state index contributed by atoms with van der Waals surface area (Å²) in [7, 11) is 0. The van der Waals surface area contributed by atoms with Gasteiger partial charge in [0.25, 0.3) is 0 Å². The van der Waals surface area contributed by atoms with E-state index in [0.29, 0.717) is 25.4 Å². The number of carboxylic acid groups (broad SMARTS) is 1. The lowest BCUT2D eigenvalue weighted by Gasteiger charge is -2.09. The summed E-state index contributed by atoms with van der Waals surface area (Å²) in [6.07, 6.45) is 4.51. The number of aromatic nitrogens is 2. The number of imidazole rings is 1. The van der Waals surface area contributed by atoms with E-state index in [2.05, 4.69) is 15.6 Å². The standard InChI is InChI=1S/C12H18N4O3/c17-11(5-9-1-2-13-6-9)14-3-4-16-7-10(12(18)19)15-8-16/h7-9,13H,1-6H2,(H,14,17)(H,18,19). The number of hydrogen-bond acceptors (Lipinski definition) is 4. The maximum absolute atomic E-state index is 11.6. The van der Waals surface area contributed by atoms with Crippen LogP contribution in [0.4, 0.5) is 0 Å². The molecule has 2 rings (SSSR count). The molecule has 0 radical (unpaired) electrons. The fourth-order valence-corrected chi connectivity index (χ4v) is 2.14. The normalized spacial score (nSPS) is 18.4. The number of rotatable bonds is 6. The van der Waals surface area contributed by atoms with Crippen LogP contribution in [-0.4, -0.2) is 46.2 Å². The molecule has 1 fully saturated rings. The summed E-state index contributed by atoms with van der Waals surface area (Å²) < 4.78 is 1.65. The molecule has 7 nitrogen and oxygen atoms in total. The Kier molecular flexibility index (Phi) is 4.51. The van der Waals surface area contributed by atoms with Crippen LogP contribution in [0.2, 0.25) is 0 Å². The van der Waals surface area contributed by atoms with Gasteiger partial charge in [-0.1, -0.05) is 0 Å². The van der Waals surface area contributed by atoms with Gasteiger partial charge < -0.3 is 20.3 Å². The molecule has 1 amide bonds. The van der Waals surface area contributed by atoms with Gasteiger partial charge in [-0.3, -0.25) is 4.79 Å². The fourth-order valence-electron chi connectivity index (χ4n) is 2.14. The van der Waals surface area contributed by atoms with Crippen molar-refractivity contribution >= 4 is 11.9 Å². The highest BCUT2D eigenvalue weighted by Crippen LogP contribution is 2.11. The smallest absolute Gasteiger partial charge is 0.356 e. The van der Waals surface area contributed by atoms with E-state index < -0.39 is 5.97 Å². The Hall–Kier alpha value is -1.89. The van der Waals surface area contributed by atoms with Gasteiger partial charge in [0, 0.05) is 25.7 Å². The van der Waals surface area contributed by atoms with Crippen LogP contribution >= 0.6 is 0 Å². The summed E-state index contributed by atoms with van der Waals surface area (Å²) in [6.45, 7) is 2.91. The van der Waals surface area contributed by atoms with Crippen molar-refractivity contribution in [3.05, 3.63) is 18.2 Å². The van der Waals surface area contributed by atoms with Crippen molar-refractivity contribution in [3.8, 4) is 0 Å². The van der Waals surface area contributed by atoms with E-state index in [0.717, 1.165) is 19.5 Å². The van der Waals surface area contributed by atoms with E-state index in [1.54, 1.807) is 4.57 Å². The molecule has 19 heavy (non-hydrogen) atoms. The minimum Gasteiger partial charge on any atom is -0.476 e. The zero-order chi connectivity index (χ0) is 13.7. The third-order valence-electron chi connectivity index (χ3n) is 3.18. The number of carbonyl (C=O) groups excluding carboxylic acids is 1. The van der Waals surface area contributed by atoms with E-state index >= 15 is 0 Å². The Morgan fingerprint density at radius 3 is 3.05 bits per heavy atom. The summed E-state index contributed by atoms with van der Waals surface area (Å²) in [6, 6.07) is 0. The van der Waals surface area contributed by atoms with Gasteiger partial charge in [0.15, 0.2) is 5.69 Å². The van der Waals surface area contributed by atoms with Crippen molar-refractivity contribution in [2.45, 2.75) is 19.4 Å². The molecule has 2 heterocycles. The Bertz CT molecular complexity index is 452. The van der Waals surface area contributed by atoms with Crippen molar-refractivity contribution in [2.75, 3.05) is 19.6 Å². The molecule has 0 saturated carbocycles. The minimum atomic E-state index is -1.04. The van der Waals surface area contributed by atoms with Gasteiger partial charge in [0.1, 0.15) is 0 Å². The van der Waals surface area contributed by atoms with Crippen molar-refractivity contribution in [1.29, 1.82) is 0 Å². The quantitative estimate of drug-likeness (QED) is 0.657. The topological polar surface area (TPSA) is 96.3 Å². The number of nitrogens with one attached hydrogen (secondary N) is 2.